The number of nitrogen functional groups attached to an aromatic ring is 2. The number of nitrogens with zero attached hydrogens (tertiary/aromatic N) is 2. The molecule has 0 atom stereocenters. The fourth-order valence-corrected chi connectivity index (χ4v) is 3.93. The van der Waals surface area contributed by atoms with E-state index in [1.54, 1.807) is 36.4 Å². The van der Waals surface area contributed by atoms with Crippen LogP contribution in [0.25, 0.3) is 10.6 Å². The lowest BCUT2D eigenvalue weighted by Crippen LogP contribution is -2.03. The molecule has 0 fully saturated rings. The molecule has 0 saturated carbocycles. The van der Waals surface area contributed by atoms with Gasteiger partial charge in [0, 0.05) is 11.3 Å². The Hall–Kier alpha value is -2.45. The monoisotopic (exact) mass is 332 g/mol. The SMILES string of the molecule is Nc1cc(-c2nc(N)ns2)cc(S(=O)(=O)c2ccccc2)c1. The molecule has 8 heteroatoms. The highest BCUT2D eigenvalue weighted by molar-refractivity contribution is 7.91. The number of rotatable bonds is 3. The second-order valence-corrected chi connectivity index (χ2v) is 7.27. The first-order valence-corrected chi connectivity index (χ1v) is 8.53. The van der Waals surface area contributed by atoms with E-state index in [0.29, 0.717) is 16.3 Å². The maximum absolute atomic E-state index is 12.7. The van der Waals surface area contributed by atoms with Crippen molar-refractivity contribution in [3.63, 3.8) is 0 Å². The molecule has 0 saturated heterocycles. The van der Waals surface area contributed by atoms with Crippen molar-refractivity contribution >= 4 is 33.0 Å². The van der Waals surface area contributed by atoms with Gasteiger partial charge in [0.1, 0.15) is 5.01 Å². The maximum Gasteiger partial charge on any atom is 0.232 e. The van der Waals surface area contributed by atoms with Crippen LogP contribution in [0.15, 0.2) is 58.3 Å². The van der Waals surface area contributed by atoms with E-state index in [9.17, 15) is 8.42 Å². The number of hydrogen-bond donors (Lipinski definition) is 2. The average molecular weight is 332 g/mol. The largest absolute Gasteiger partial charge is 0.399 e. The van der Waals surface area contributed by atoms with Crippen LogP contribution < -0.4 is 11.5 Å². The van der Waals surface area contributed by atoms with E-state index in [0.717, 1.165) is 11.5 Å². The van der Waals surface area contributed by atoms with Crippen LogP contribution in [0.1, 0.15) is 0 Å². The first-order valence-electron chi connectivity index (χ1n) is 6.27. The van der Waals surface area contributed by atoms with Crippen LogP contribution in [0, 0.1) is 0 Å². The molecule has 0 spiro atoms. The molecule has 2 aromatic carbocycles. The van der Waals surface area contributed by atoms with E-state index in [-0.39, 0.29) is 15.7 Å². The minimum atomic E-state index is -3.64. The molecule has 0 amide bonds. The van der Waals surface area contributed by atoms with Crippen LogP contribution >= 0.6 is 11.5 Å². The van der Waals surface area contributed by atoms with E-state index in [2.05, 4.69) is 9.36 Å². The van der Waals surface area contributed by atoms with Gasteiger partial charge in [-0.1, -0.05) is 18.2 Å². The summed E-state index contributed by atoms with van der Waals surface area (Å²) < 4.78 is 29.2. The topological polar surface area (TPSA) is 112 Å². The Morgan fingerprint density at radius 2 is 1.68 bits per heavy atom. The summed E-state index contributed by atoms with van der Waals surface area (Å²) in [5.74, 6) is 0.148. The van der Waals surface area contributed by atoms with Gasteiger partial charge in [-0.05, 0) is 41.9 Å². The van der Waals surface area contributed by atoms with Crippen LogP contribution in [-0.2, 0) is 9.84 Å². The Labute approximate surface area is 131 Å². The molecule has 1 aromatic heterocycles. The molecule has 1 heterocycles. The van der Waals surface area contributed by atoms with Crippen molar-refractivity contribution in [2.45, 2.75) is 9.79 Å². The molecule has 112 valence electrons. The third-order valence-corrected chi connectivity index (χ3v) is 5.51. The van der Waals surface area contributed by atoms with Gasteiger partial charge in [0.05, 0.1) is 9.79 Å². The van der Waals surface area contributed by atoms with Crippen LogP contribution in [-0.4, -0.2) is 17.8 Å². The van der Waals surface area contributed by atoms with Crippen LogP contribution in [0.4, 0.5) is 11.6 Å². The predicted octanol–water partition coefficient (Wildman–Crippen LogP) is 2.20. The van der Waals surface area contributed by atoms with Gasteiger partial charge in [-0.2, -0.15) is 9.36 Å². The van der Waals surface area contributed by atoms with Crippen LogP contribution in [0.2, 0.25) is 0 Å². The maximum atomic E-state index is 12.7. The highest BCUT2D eigenvalue weighted by Gasteiger charge is 2.19. The number of benzene rings is 2. The molecule has 0 radical (unpaired) electrons. The van der Waals surface area contributed by atoms with Gasteiger partial charge in [0.25, 0.3) is 0 Å². The first-order chi connectivity index (χ1) is 10.5. The first kappa shape index (κ1) is 14.5. The van der Waals surface area contributed by atoms with Crippen molar-refractivity contribution in [1.82, 2.24) is 9.36 Å². The number of anilines is 2. The predicted molar refractivity (Wildman–Crippen MR) is 86.1 cm³/mol. The zero-order valence-electron chi connectivity index (χ0n) is 11.3. The smallest absolute Gasteiger partial charge is 0.232 e. The number of hydrogen-bond acceptors (Lipinski definition) is 7. The van der Waals surface area contributed by atoms with Gasteiger partial charge < -0.3 is 11.5 Å². The lowest BCUT2D eigenvalue weighted by Gasteiger charge is -2.07. The molecular formula is C14H12N4O2S2. The van der Waals surface area contributed by atoms with Crippen molar-refractivity contribution in [3.8, 4) is 10.6 Å². The molecule has 0 aliphatic carbocycles. The third-order valence-electron chi connectivity index (χ3n) is 2.98. The minimum absolute atomic E-state index is 0.113. The van der Waals surface area contributed by atoms with Crippen LogP contribution in [0.5, 0.6) is 0 Å². The third kappa shape index (κ3) is 2.66. The van der Waals surface area contributed by atoms with Gasteiger partial charge >= 0.3 is 0 Å². The van der Waals surface area contributed by atoms with E-state index in [4.69, 9.17) is 11.5 Å². The quantitative estimate of drug-likeness (QED) is 0.711. The molecule has 0 aliphatic rings. The van der Waals surface area contributed by atoms with Crippen molar-refractivity contribution in [2.24, 2.45) is 0 Å². The zero-order valence-corrected chi connectivity index (χ0v) is 12.9. The van der Waals surface area contributed by atoms with Gasteiger partial charge in [0.2, 0.25) is 15.8 Å². The fourth-order valence-electron chi connectivity index (χ4n) is 1.99. The lowest BCUT2D eigenvalue weighted by atomic mass is 10.2. The second kappa shape index (κ2) is 5.39. The summed E-state index contributed by atoms with van der Waals surface area (Å²) in [6, 6.07) is 12.8. The number of nitrogens with two attached hydrogens (primary N) is 2. The summed E-state index contributed by atoms with van der Waals surface area (Å²) in [4.78, 5) is 4.38. The summed E-state index contributed by atoms with van der Waals surface area (Å²) in [7, 11) is -3.64. The fraction of sp³-hybridized carbons (Fsp3) is 0. The Morgan fingerprint density at radius 1 is 0.955 bits per heavy atom. The molecule has 22 heavy (non-hydrogen) atoms. The number of aromatic nitrogens is 2. The van der Waals surface area contributed by atoms with E-state index in [1.807, 2.05) is 0 Å². The summed E-state index contributed by atoms with van der Waals surface area (Å²) in [6.45, 7) is 0. The standard InChI is InChI=1S/C14H12N4O2S2/c15-10-6-9(13-17-14(16)18-21-13)7-12(8-10)22(19,20)11-4-2-1-3-5-11/h1-8H,15H2,(H2,16,18). The minimum Gasteiger partial charge on any atom is -0.399 e. The Balaban J connectivity index is 2.14. The lowest BCUT2D eigenvalue weighted by molar-refractivity contribution is 0.596. The molecule has 3 rings (SSSR count). The van der Waals surface area contributed by atoms with Crippen LogP contribution in [0.3, 0.4) is 0 Å². The van der Waals surface area contributed by atoms with Gasteiger partial charge in [-0.25, -0.2) is 8.42 Å². The highest BCUT2D eigenvalue weighted by atomic mass is 32.2. The molecule has 0 aliphatic heterocycles. The van der Waals surface area contributed by atoms with Gasteiger partial charge in [0.15, 0.2) is 0 Å². The van der Waals surface area contributed by atoms with Gasteiger partial charge in [-0.3, -0.25) is 0 Å². The molecule has 0 unspecified atom stereocenters. The van der Waals surface area contributed by atoms with Crippen molar-refractivity contribution < 1.29 is 8.42 Å². The summed E-state index contributed by atoms with van der Waals surface area (Å²) >= 11 is 1.09. The number of sulfone groups is 1. The summed E-state index contributed by atoms with van der Waals surface area (Å²) in [6.07, 6.45) is 0. The molecule has 6 nitrogen and oxygen atoms in total. The normalized spacial score (nSPS) is 11.5. The van der Waals surface area contributed by atoms with Gasteiger partial charge in [-0.15, -0.1) is 0 Å². The zero-order chi connectivity index (χ0) is 15.7. The van der Waals surface area contributed by atoms with Crippen molar-refractivity contribution in [3.05, 3.63) is 48.5 Å². The summed E-state index contributed by atoms with van der Waals surface area (Å²) in [5, 5.41) is 0.523. The second-order valence-electron chi connectivity index (χ2n) is 4.56. The Morgan fingerprint density at radius 3 is 2.32 bits per heavy atom. The molecular weight excluding hydrogens is 320 g/mol. The average Bonchev–Trinajstić information content (AvgIpc) is 2.94. The summed E-state index contributed by atoms with van der Waals surface area (Å²) in [5.41, 5.74) is 12.3. The molecule has 4 N–H and O–H groups in total. The van der Waals surface area contributed by atoms with E-state index >= 15 is 0 Å². The Bertz CT molecular complexity index is 921. The molecule has 3 aromatic rings. The van der Waals surface area contributed by atoms with E-state index in [1.165, 1.54) is 12.1 Å². The van der Waals surface area contributed by atoms with Crippen molar-refractivity contribution in [2.75, 3.05) is 11.5 Å². The van der Waals surface area contributed by atoms with E-state index < -0.39 is 9.84 Å². The molecule has 0 bridgehead atoms. The Kier molecular flexibility index (Phi) is 3.55. The highest BCUT2D eigenvalue weighted by Crippen LogP contribution is 2.30. The van der Waals surface area contributed by atoms with Crippen molar-refractivity contribution in [1.29, 1.82) is 0 Å².